The molecule has 0 spiro atoms. The van der Waals surface area contributed by atoms with Crippen molar-refractivity contribution in [3.8, 4) is 17.0 Å². The number of nitrogens with zero attached hydrogens (tertiary/aromatic N) is 1. The molecule has 1 atom stereocenters. The molecular formula is C22H15Cl2NO. The number of hydrogen-bond donors (Lipinski definition) is 0. The van der Waals surface area contributed by atoms with Crippen LogP contribution < -0.4 is 4.74 Å². The average molecular weight is 380 g/mol. The lowest BCUT2D eigenvalue weighted by atomic mass is 10.0. The van der Waals surface area contributed by atoms with Crippen LogP contribution in [0.1, 0.15) is 17.4 Å². The second-order valence-corrected chi connectivity index (χ2v) is 7.44. The van der Waals surface area contributed by atoms with Crippen molar-refractivity contribution in [1.29, 1.82) is 0 Å². The summed E-state index contributed by atoms with van der Waals surface area (Å²) in [5.41, 5.74) is 5.55. The lowest BCUT2D eigenvalue weighted by Gasteiger charge is -2.31. The van der Waals surface area contributed by atoms with Gasteiger partial charge < -0.3 is 9.30 Å². The predicted molar refractivity (Wildman–Crippen MR) is 107 cm³/mol. The number of fused-ring (bicyclic) bond motifs is 5. The molecule has 0 radical (unpaired) electrons. The van der Waals surface area contributed by atoms with Crippen LogP contribution >= 0.6 is 23.2 Å². The highest BCUT2D eigenvalue weighted by Gasteiger charge is 2.29. The Bertz CT molecular complexity index is 1160. The fourth-order valence-corrected chi connectivity index (χ4v) is 4.05. The summed E-state index contributed by atoms with van der Waals surface area (Å²) in [5, 5.41) is 2.49. The molecule has 1 aromatic heterocycles. The van der Waals surface area contributed by atoms with Crippen LogP contribution in [0.15, 0.2) is 66.7 Å². The van der Waals surface area contributed by atoms with E-state index in [0.717, 1.165) is 38.5 Å². The van der Waals surface area contributed by atoms with Crippen LogP contribution in [0.3, 0.4) is 0 Å². The summed E-state index contributed by atoms with van der Waals surface area (Å²) in [5.74, 6) is 0.798. The van der Waals surface area contributed by atoms with Gasteiger partial charge in [0, 0.05) is 26.6 Å². The maximum absolute atomic E-state index is 6.45. The number of ether oxygens (including phenoxy) is 1. The normalized spacial score (nSPS) is 15.4. The molecular weight excluding hydrogens is 365 g/mol. The number of rotatable bonds is 1. The molecule has 2 nitrogen and oxygen atoms in total. The molecule has 4 heteroatoms. The SMILES string of the molecule is Cc1ccccc1[C@@H]1Oc2cc(Cl)ccc2-c2cc3cc(Cl)ccc3n21. The van der Waals surface area contributed by atoms with Crippen molar-refractivity contribution in [3.05, 3.63) is 87.9 Å². The molecule has 1 aliphatic heterocycles. The van der Waals surface area contributed by atoms with Gasteiger partial charge in [0.2, 0.25) is 6.23 Å². The summed E-state index contributed by atoms with van der Waals surface area (Å²) in [4.78, 5) is 0. The third-order valence-electron chi connectivity index (χ3n) is 4.95. The van der Waals surface area contributed by atoms with Gasteiger partial charge in [-0.05, 0) is 55.0 Å². The van der Waals surface area contributed by atoms with E-state index in [4.69, 9.17) is 27.9 Å². The maximum atomic E-state index is 6.45. The molecule has 128 valence electrons. The summed E-state index contributed by atoms with van der Waals surface area (Å²) < 4.78 is 8.69. The van der Waals surface area contributed by atoms with Gasteiger partial charge in [-0.1, -0.05) is 47.5 Å². The standard InChI is InChI=1S/C22H15Cl2NO/c1-13-4-2-3-5-17(13)22-25-19-9-7-15(23)10-14(19)11-20(25)18-8-6-16(24)12-21(18)26-22/h2-12,22H,1H3/t22-/m0/s1. The molecule has 0 saturated carbocycles. The third-order valence-corrected chi connectivity index (χ3v) is 5.42. The van der Waals surface area contributed by atoms with Crippen LogP contribution in [-0.4, -0.2) is 4.57 Å². The Labute approximate surface area is 161 Å². The minimum Gasteiger partial charge on any atom is -0.465 e. The predicted octanol–water partition coefficient (Wildman–Crippen LogP) is 6.86. The zero-order chi connectivity index (χ0) is 17.8. The molecule has 1 aliphatic rings. The van der Waals surface area contributed by atoms with Crippen molar-refractivity contribution in [2.75, 3.05) is 0 Å². The Kier molecular flexibility index (Phi) is 3.53. The van der Waals surface area contributed by atoms with Crippen molar-refractivity contribution in [2.24, 2.45) is 0 Å². The van der Waals surface area contributed by atoms with Gasteiger partial charge in [0.25, 0.3) is 0 Å². The van der Waals surface area contributed by atoms with E-state index in [9.17, 15) is 0 Å². The van der Waals surface area contributed by atoms with Crippen LogP contribution in [0.4, 0.5) is 0 Å². The molecule has 4 aromatic rings. The Morgan fingerprint density at radius 2 is 1.65 bits per heavy atom. The molecule has 0 unspecified atom stereocenters. The summed E-state index contributed by atoms with van der Waals surface area (Å²) >= 11 is 12.4. The molecule has 0 amide bonds. The Balaban J connectivity index is 1.85. The van der Waals surface area contributed by atoms with Crippen molar-refractivity contribution in [1.82, 2.24) is 4.57 Å². The van der Waals surface area contributed by atoms with E-state index in [2.05, 4.69) is 35.8 Å². The van der Waals surface area contributed by atoms with Crippen molar-refractivity contribution < 1.29 is 4.74 Å². The number of aryl methyl sites for hydroxylation is 1. The van der Waals surface area contributed by atoms with E-state index in [0.29, 0.717) is 5.02 Å². The van der Waals surface area contributed by atoms with Gasteiger partial charge in [-0.25, -0.2) is 0 Å². The summed E-state index contributed by atoms with van der Waals surface area (Å²) in [6.45, 7) is 2.11. The Morgan fingerprint density at radius 3 is 2.50 bits per heavy atom. The second-order valence-electron chi connectivity index (χ2n) is 6.57. The van der Waals surface area contributed by atoms with Crippen LogP contribution in [0, 0.1) is 6.92 Å². The van der Waals surface area contributed by atoms with E-state index in [-0.39, 0.29) is 6.23 Å². The monoisotopic (exact) mass is 379 g/mol. The molecule has 26 heavy (non-hydrogen) atoms. The number of hydrogen-bond acceptors (Lipinski definition) is 1. The fraction of sp³-hybridized carbons (Fsp3) is 0.0909. The minimum atomic E-state index is -0.254. The van der Waals surface area contributed by atoms with Crippen LogP contribution in [0.25, 0.3) is 22.2 Å². The van der Waals surface area contributed by atoms with Crippen molar-refractivity contribution >= 4 is 34.1 Å². The number of aromatic nitrogens is 1. The number of halogens is 2. The Hall–Kier alpha value is -2.42. The molecule has 2 heterocycles. The van der Waals surface area contributed by atoms with Crippen LogP contribution in [-0.2, 0) is 0 Å². The average Bonchev–Trinajstić information content (AvgIpc) is 2.99. The molecule has 5 rings (SSSR count). The van der Waals surface area contributed by atoms with Gasteiger partial charge >= 0.3 is 0 Å². The zero-order valence-electron chi connectivity index (χ0n) is 14.0. The second kappa shape index (κ2) is 5.80. The molecule has 3 aromatic carbocycles. The quantitative estimate of drug-likeness (QED) is 0.352. The molecule has 0 saturated heterocycles. The first kappa shape index (κ1) is 15.8. The zero-order valence-corrected chi connectivity index (χ0v) is 15.6. The van der Waals surface area contributed by atoms with Gasteiger partial charge in [-0.2, -0.15) is 0 Å². The van der Waals surface area contributed by atoms with E-state index >= 15 is 0 Å². The van der Waals surface area contributed by atoms with E-state index in [1.54, 1.807) is 0 Å². The van der Waals surface area contributed by atoms with E-state index in [1.807, 2.05) is 42.5 Å². The van der Waals surface area contributed by atoms with Gasteiger partial charge in [-0.15, -0.1) is 0 Å². The fourth-order valence-electron chi connectivity index (χ4n) is 3.71. The first-order valence-electron chi connectivity index (χ1n) is 8.44. The summed E-state index contributed by atoms with van der Waals surface area (Å²) in [6.07, 6.45) is -0.254. The van der Waals surface area contributed by atoms with Crippen molar-refractivity contribution in [2.45, 2.75) is 13.2 Å². The van der Waals surface area contributed by atoms with Crippen LogP contribution in [0.2, 0.25) is 10.0 Å². The molecule has 0 fully saturated rings. The van der Waals surface area contributed by atoms with Gasteiger partial charge in [0.1, 0.15) is 5.75 Å². The van der Waals surface area contributed by atoms with E-state index in [1.165, 1.54) is 5.56 Å². The Morgan fingerprint density at radius 1 is 0.885 bits per heavy atom. The minimum absolute atomic E-state index is 0.254. The van der Waals surface area contributed by atoms with Gasteiger partial charge in [0.05, 0.1) is 11.2 Å². The smallest absolute Gasteiger partial charge is 0.203 e. The lowest BCUT2D eigenvalue weighted by Crippen LogP contribution is -2.22. The van der Waals surface area contributed by atoms with Gasteiger partial charge in [-0.3, -0.25) is 0 Å². The summed E-state index contributed by atoms with van der Waals surface area (Å²) in [6, 6.07) is 22.2. The molecule has 0 aliphatic carbocycles. The first-order valence-corrected chi connectivity index (χ1v) is 9.20. The molecule has 0 N–H and O–H groups in total. The largest absolute Gasteiger partial charge is 0.465 e. The van der Waals surface area contributed by atoms with E-state index < -0.39 is 0 Å². The summed E-state index contributed by atoms with van der Waals surface area (Å²) in [7, 11) is 0. The van der Waals surface area contributed by atoms with Crippen molar-refractivity contribution in [3.63, 3.8) is 0 Å². The highest BCUT2D eigenvalue weighted by Crippen LogP contribution is 2.45. The molecule has 0 bridgehead atoms. The highest BCUT2D eigenvalue weighted by atomic mass is 35.5. The lowest BCUT2D eigenvalue weighted by molar-refractivity contribution is 0.172. The van der Waals surface area contributed by atoms with Crippen LogP contribution in [0.5, 0.6) is 5.75 Å². The maximum Gasteiger partial charge on any atom is 0.203 e. The first-order chi connectivity index (χ1) is 12.6. The number of benzene rings is 3. The van der Waals surface area contributed by atoms with Gasteiger partial charge in [0.15, 0.2) is 0 Å². The topological polar surface area (TPSA) is 14.2 Å². The highest BCUT2D eigenvalue weighted by molar-refractivity contribution is 6.31. The third kappa shape index (κ3) is 2.33.